The van der Waals surface area contributed by atoms with Crippen molar-refractivity contribution in [3.05, 3.63) is 10.6 Å². The van der Waals surface area contributed by atoms with Crippen LogP contribution < -0.4 is 5.32 Å². The summed E-state index contributed by atoms with van der Waals surface area (Å²) >= 11 is 1.50. The van der Waals surface area contributed by atoms with Crippen LogP contribution in [0.5, 0.6) is 0 Å². The van der Waals surface area contributed by atoms with Crippen molar-refractivity contribution in [2.45, 2.75) is 39.7 Å². The molecule has 1 aromatic heterocycles. The van der Waals surface area contributed by atoms with Gasteiger partial charge < -0.3 is 14.8 Å². The minimum atomic E-state index is -0.343. The van der Waals surface area contributed by atoms with Crippen LogP contribution in [-0.4, -0.2) is 36.8 Å². The molecular weight excluding hydrogens is 276 g/mol. The Balaban J connectivity index is 1.93. The van der Waals surface area contributed by atoms with Gasteiger partial charge in [-0.25, -0.2) is 9.78 Å². The van der Waals surface area contributed by atoms with Crippen LogP contribution in [0.1, 0.15) is 42.1 Å². The lowest BCUT2D eigenvalue weighted by Gasteiger charge is -2.16. The second kappa shape index (κ2) is 7.04. The van der Waals surface area contributed by atoms with Crippen molar-refractivity contribution >= 4 is 22.4 Å². The van der Waals surface area contributed by atoms with Gasteiger partial charge in [0.25, 0.3) is 0 Å². The largest absolute Gasteiger partial charge is 0.461 e. The first kappa shape index (κ1) is 15.3. The quantitative estimate of drug-likeness (QED) is 0.818. The molecule has 1 fully saturated rings. The van der Waals surface area contributed by atoms with Crippen LogP contribution >= 0.6 is 11.3 Å². The zero-order valence-electron chi connectivity index (χ0n) is 12.3. The Morgan fingerprint density at radius 1 is 1.55 bits per heavy atom. The summed E-state index contributed by atoms with van der Waals surface area (Å²) < 4.78 is 10.7. The number of carbonyl (C=O) groups is 1. The van der Waals surface area contributed by atoms with Crippen LogP contribution in [0.2, 0.25) is 0 Å². The van der Waals surface area contributed by atoms with Gasteiger partial charge >= 0.3 is 5.97 Å². The predicted molar refractivity (Wildman–Crippen MR) is 79.4 cm³/mol. The molecule has 1 aliphatic heterocycles. The van der Waals surface area contributed by atoms with Crippen LogP contribution in [0, 0.1) is 12.8 Å². The summed E-state index contributed by atoms with van der Waals surface area (Å²) in [4.78, 5) is 16.9. The number of nitrogens with zero attached hydrogens (tertiary/aromatic N) is 1. The van der Waals surface area contributed by atoms with Crippen molar-refractivity contribution in [1.29, 1.82) is 0 Å². The molecule has 2 heterocycles. The summed E-state index contributed by atoms with van der Waals surface area (Å²) in [5.41, 5.74) is 0.425. The highest BCUT2D eigenvalue weighted by Gasteiger charge is 2.26. The zero-order chi connectivity index (χ0) is 14.5. The number of anilines is 1. The number of aromatic nitrogens is 1. The van der Waals surface area contributed by atoms with E-state index in [1.165, 1.54) is 11.3 Å². The molecule has 1 aliphatic rings. The number of nitrogens with one attached hydrogen (secondary N) is 1. The van der Waals surface area contributed by atoms with Crippen LogP contribution in [0.15, 0.2) is 0 Å². The topological polar surface area (TPSA) is 60.5 Å². The van der Waals surface area contributed by atoms with Gasteiger partial charge in [-0.3, -0.25) is 0 Å². The third kappa shape index (κ3) is 3.49. The molecule has 1 N–H and O–H groups in total. The minimum absolute atomic E-state index is 0.341. The average Bonchev–Trinajstić information content (AvgIpc) is 3.02. The van der Waals surface area contributed by atoms with E-state index >= 15 is 0 Å². The lowest BCUT2D eigenvalue weighted by molar-refractivity contribution is 0.0519. The molecule has 0 bridgehead atoms. The maximum absolute atomic E-state index is 11.7. The molecule has 5 nitrogen and oxygen atoms in total. The second-order valence-corrected chi connectivity index (χ2v) is 6.09. The summed E-state index contributed by atoms with van der Waals surface area (Å²) in [5, 5.41) is 4.11. The molecule has 2 rings (SSSR count). The minimum Gasteiger partial charge on any atom is -0.461 e. The fraction of sp³-hybridized carbons (Fsp3) is 0.714. The van der Waals surface area contributed by atoms with Crippen molar-refractivity contribution < 1.29 is 14.3 Å². The van der Waals surface area contributed by atoms with Crippen LogP contribution in [-0.2, 0) is 9.47 Å². The first-order valence-corrected chi connectivity index (χ1v) is 7.97. The Hall–Kier alpha value is -1.14. The van der Waals surface area contributed by atoms with E-state index in [0.717, 1.165) is 36.0 Å². The lowest BCUT2D eigenvalue weighted by Crippen LogP contribution is -2.22. The summed E-state index contributed by atoms with van der Waals surface area (Å²) in [7, 11) is 0. The first-order chi connectivity index (χ1) is 9.65. The molecule has 1 aromatic rings. The number of hydrogen-bond donors (Lipinski definition) is 1. The molecule has 112 valence electrons. The maximum atomic E-state index is 11.7. The average molecular weight is 298 g/mol. The Morgan fingerprint density at radius 3 is 3.05 bits per heavy atom. The van der Waals surface area contributed by atoms with Crippen molar-refractivity contribution in [3.8, 4) is 0 Å². The second-order valence-electron chi connectivity index (χ2n) is 4.89. The number of thiazole rings is 1. The van der Waals surface area contributed by atoms with E-state index in [1.54, 1.807) is 6.92 Å². The molecule has 0 amide bonds. The van der Waals surface area contributed by atoms with Gasteiger partial charge in [-0.2, -0.15) is 0 Å². The number of rotatable bonds is 6. The van der Waals surface area contributed by atoms with E-state index in [-0.39, 0.29) is 5.97 Å². The molecule has 1 saturated heterocycles. The van der Waals surface area contributed by atoms with Gasteiger partial charge in [0, 0.05) is 23.9 Å². The van der Waals surface area contributed by atoms with E-state index in [9.17, 15) is 4.79 Å². The first-order valence-electron chi connectivity index (χ1n) is 7.15. The molecular formula is C14H22N2O3S. The highest BCUT2D eigenvalue weighted by molar-refractivity contribution is 7.15. The Kier molecular flexibility index (Phi) is 5.37. The smallest absolute Gasteiger partial charge is 0.358 e. The SMILES string of the molecule is CCOC(=O)c1nc(NCC2CCOC2CC)sc1C. The van der Waals surface area contributed by atoms with Gasteiger partial charge in [0.05, 0.1) is 12.7 Å². The molecule has 0 saturated carbocycles. The van der Waals surface area contributed by atoms with Gasteiger partial charge in [-0.15, -0.1) is 11.3 Å². The zero-order valence-corrected chi connectivity index (χ0v) is 13.1. The van der Waals surface area contributed by atoms with Crippen LogP contribution in [0.3, 0.4) is 0 Å². The molecule has 2 unspecified atom stereocenters. The van der Waals surface area contributed by atoms with Crippen LogP contribution in [0.4, 0.5) is 5.13 Å². The van der Waals surface area contributed by atoms with E-state index in [0.29, 0.717) is 24.3 Å². The Bertz CT molecular complexity index is 461. The van der Waals surface area contributed by atoms with Gasteiger partial charge in [-0.05, 0) is 26.7 Å². The van der Waals surface area contributed by atoms with Gasteiger partial charge in [0.2, 0.25) is 0 Å². The monoisotopic (exact) mass is 298 g/mol. The van der Waals surface area contributed by atoms with E-state index < -0.39 is 0 Å². The standard InChI is InChI=1S/C14H22N2O3S/c1-4-11-10(6-7-19-11)8-15-14-16-12(9(3)20-14)13(17)18-5-2/h10-11H,4-8H2,1-3H3,(H,15,16). The molecule has 2 atom stereocenters. The van der Waals surface area contributed by atoms with Crippen molar-refractivity contribution in [2.24, 2.45) is 5.92 Å². The highest BCUT2D eigenvalue weighted by atomic mass is 32.1. The lowest BCUT2D eigenvalue weighted by atomic mass is 10.00. The van der Waals surface area contributed by atoms with E-state index in [1.807, 2.05) is 6.92 Å². The van der Waals surface area contributed by atoms with Gasteiger partial charge in [0.1, 0.15) is 0 Å². The number of esters is 1. The highest BCUT2D eigenvalue weighted by Crippen LogP contribution is 2.26. The summed E-state index contributed by atoms with van der Waals surface area (Å²) in [6.45, 7) is 7.89. The number of ether oxygens (including phenoxy) is 2. The molecule has 0 spiro atoms. The summed E-state index contributed by atoms with van der Waals surface area (Å²) in [6.07, 6.45) is 2.46. The third-order valence-electron chi connectivity index (χ3n) is 3.53. The van der Waals surface area contributed by atoms with E-state index in [2.05, 4.69) is 17.2 Å². The van der Waals surface area contributed by atoms with E-state index in [4.69, 9.17) is 9.47 Å². The number of carbonyl (C=O) groups excluding carboxylic acids is 1. The fourth-order valence-corrected chi connectivity index (χ4v) is 3.26. The third-order valence-corrected chi connectivity index (χ3v) is 4.46. The summed E-state index contributed by atoms with van der Waals surface area (Å²) in [6, 6.07) is 0. The molecule has 0 radical (unpaired) electrons. The van der Waals surface area contributed by atoms with Gasteiger partial charge in [0.15, 0.2) is 10.8 Å². The molecule has 0 aromatic carbocycles. The number of hydrogen-bond acceptors (Lipinski definition) is 6. The Morgan fingerprint density at radius 2 is 2.35 bits per heavy atom. The fourth-order valence-electron chi connectivity index (χ4n) is 2.46. The van der Waals surface area contributed by atoms with Crippen LogP contribution in [0.25, 0.3) is 0 Å². The molecule has 0 aliphatic carbocycles. The maximum Gasteiger partial charge on any atom is 0.358 e. The van der Waals surface area contributed by atoms with Crippen molar-refractivity contribution in [3.63, 3.8) is 0 Å². The number of aryl methyl sites for hydroxylation is 1. The predicted octanol–water partition coefficient (Wildman–Crippen LogP) is 2.86. The van der Waals surface area contributed by atoms with Crippen molar-refractivity contribution in [2.75, 3.05) is 25.1 Å². The normalized spacial score (nSPS) is 21.9. The molecule has 20 heavy (non-hydrogen) atoms. The van der Waals surface area contributed by atoms with Crippen molar-refractivity contribution in [1.82, 2.24) is 4.98 Å². The summed E-state index contributed by atoms with van der Waals surface area (Å²) in [5.74, 6) is 0.181. The van der Waals surface area contributed by atoms with Gasteiger partial charge in [-0.1, -0.05) is 6.92 Å². The molecule has 6 heteroatoms. The Labute approximate surface area is 123 Å².